The minimum atomic E-state index is 0. The van der Waals surface area contributed by atoms with Gasteiger partial charge in [0.25, 0.3) is 5.91 Å². The van der Waals surface area contributed by atoms with Crippen molar-refractivity contribution in [2.24, 2.45) is 0 Å². The third kappa shape index (κ3) is 3.53. The van der Waals surface area contributed by atoms with Gasteiger partial charge in [0.05, 0.1) is 11.9 Å². The van der Waals surface area contributed by atoms with Crippen LogP contribution in [-0.2, 0) is 0 Å². The molecule has 18 heavy (non-hydrogen) atoms. The number of nitrogens with zero attached hydrogens (tertiary/aromatic N) is 2. The molecule has 0 aliphatic carbocycles. The lowest BCUT2D eigenvalue weighted by molar-refractivity contribution is 0.0755. The number of carbonyl (C=O) groups excluding carboxylic acids is 1. The fraction of sp³-hybridized carbons (Fsp3) is 0.500. The van der Waals surface area contributed by atoms with Gasteiger partial charge in [-0.25, -0.2) is 4.98 Å². The first-order chi connectivity index (χ1) is 8.20. The number of halogens is 1. The highest BCUT2D eigenvalue weighted by atomic mass is 35.5. The van der Waals surface area contributed by atoms with Crippen LogP contribution in [0.3, 0.4) is 0 Å². The molecule has 4 nitrogen and oxygen atoms in total. The highest BCUT2D eigenvalue weighted by molar-refractivity contribution is 8.00. The zero-order valence-corrected chi connectivity index (χ0v) is 12.0. The van der Waals surface area contributed by atoms with E-state index in [1.54, 1.807) is 12.1 Å². The molecule has 1 aliphatic rings. The van der Waals surface area contributed by atoms with Crippen molar-refractivity contribution in [3.63, 3.8) is 0 Å². The third-order valence-electron chi connectivity index (χ3n) is 2.89. The number of hydrogen-bond acceptors (Lipinski definition) is 4. The van der Waals surface area contributed by atoms with E-state index < -0.39 is 0 Å². The zero-order valence-electron chi connectivity index (χ0n) is 10.3. The zero-order chi connectivity index (χ0) is 12.3. The quantitative estimate of drug-likeness (QED) is 0.904. The van der Waals surface area contributed by atoms with Crippen molar-refractivity contribution < 1.29 is 4.79 Å². The van der Waals surface area contributed by atoms with Gasteiger partial charge < -0.3 is 10.6 Å². The van der Waals surface area contributed by atoms with E-state index in [1.165, 1.54) is 6.20 Å². The summed E-state index contributed by atoms with van der Waals surface area (Å²) >= 11 is 1.95. The molecule has 1 aromatic heterocycles. The molecule has 1 fully saturated rings. The lowest BCUT2D eigenvalue weighted by Gasteiger charge is -2.31. The number of hydrogen-bond donors (Lipinski definition) is 1. The first kappa shape index (κ1) is 15.1. The minimum Gasteiger partial charge on any atom is -0.397 e. The molecule has 2 rings (SSSR count). The molecule has 6 heteroatoms. The number of aromatic nitrogens is 1. The fourth-order valence-corrected chi connectivity index (χ4v) is 3.02. The topological polar surface area (TPSA) is 59.2 Å². The van der Waals surface area contributed by atoms with E-state index in [0.29, 0.717) is 16.6 Å². The van der Waals surface area contributed by atoms with Crippen molar-refractivity contribution in [3.05, 3.63) is 24.0 Å². The first-order valence-electron chi connectivity index (χ1n) is 5.83. The van der Waals surface area contributed by atoms with Crippen LogP contribution in [0.1, 0.15) is 23.8 Å². The molecular formula is C12H18ClN3OS. The average molecular weight is 288 g/mol. The van der Waals surface area contributed by atoms with E-state index in [9.17, 15) is 4.79 Å². The normalized spacial score (nSPS) is 19.2. The maximum atomic E-state index is 12.2. The van der Waals surface area contributed by atoms with Gasteiger partial charge in [0.1, 0.15) is 5.69 Å². The summed E-state index contributed by atoms with van der Waals surface area (Å²) in [4.78, 5) is 18.2. The first-order valence-corrected chi connectivity index (χ1v) is 6.88. The molecule has 100 valence electrons. The smallest absolute Gasteiger partial charge is 0.272 e. The molecule has 0 spiro atoms. The SMILES string of the molecule is CCC1CN(C(=O)c2ccc(N)cn2)CCS1.Cl. The minimum absolute atomic E-state index is 0. The molecule has 0 saturated carbocycles. The summed E-state index contributed by atoms with van der Waals surface area (Å²) in [6.07, 6.45) is 2.63. The van der Waals surface area contributed by atoms with Crippen molar-refractivity contribution in [2.75, 3.05) is 24.6 Å². The molecule has 1 saturated heterocycles. The number of nitrogens with two attached hydrogens (primary N) is 1. The van der Waals surface area contributed by atoms with Crippen LogP contribution in [0.15, 0.2) is 18.3 Å². The Balaban J connectivity index is 0.00000162. The molecule has 1 atom stereocenters. The van der Waals surface area contributed by atoms with Crippen LogP contribution in [-0.4, -0.2) is 39.9 Å². The Kier molecular flexibility index (Phi) is 5.75. The number of nitrogen functional groups attached to an aromatic ring is 1. The Labute approximate surface area is 118 Å². The lowest BCUT2D eigenvalue weighted by atomic mass is 10.2. The largest absolute Gasteiger partial charge is 0.397 e. The second kappa shape index (κ2) is 6.85. The predicted octanol–water partition coefficient (Wildman–Crippen LogP) is 2.05. The summed E-state index contributed by atoms with van der Waals surface area (Å²) in [6.45, 7) is 3.80. The highest BCUT2D eigenvalue weighted by Gasteiger charge is 2.24. The van der Waals surface area contributed by atoms with Crippen LogP contribution in [0.25, 0.3) is 0 Å². The second-order valence-electron chi connectivity index (χ2n) is 4.13. The van der Waals surface area contributed by atoms with Crippen LogP contribution in [0, 0.1) is 0 Å². The van der Waals surface area contributed by atoms with E-state index in [1.807, 2.05) is 16.7 Å². The summed E-state index contributed by atoms with van der Waals surface area (Å²) in [5.74, 6) is 1.03. The van der Waals surface area contributed by atoms with Gasteiger partial charge >= 0.3 is 0 Å². The van der Waals surface area contributed by atoms with Crippen molar-refractivity contribution in [2.45, 2.75) is 18.6 Å². The molecule has 1 aliphatic heterocycles. The van der Waals surface area contributed by atoms with Crippen molar-refractivity contribution in [1.29, 1.82) is 0 Å². The summed E-state index contributed by atoms with van der Waals surface area (Å²) < 4.78 is 0. The van der Waals surface area contributed by atoms with Crippen LogP contribution < -0.4 is 5.73 Å². The molecule has 2 N–H and O–H groups in total. The predicted molar refractivity (Wildman–Crippen MR) is 78.3 cm³/mol. The molecule has 1 amide bonds. The van der Waals surface area contributed by atoms with Crippen LogP contribution in [0.5, 0.6) is 0 Å². The Morgan fingerprint density at radius 3 is 3.00 bits per heavy atom. The monoisotopic (exact) mass is 287 g/mol. The number of carbonyl (C=O) groups is 1. The van der Waals surface area contributed by atoms with Gasteiger partial charge in [-0.1, -0.05) is 6.92 Å². The summed E-state index contributed by atoms with van der Waals surface area (Å²) in [5.41, 5.74) is 6.63. The summed E-state index contributed by atoms with van der Waals surface area (Å²) in [6, 6.07) is 3.41. The summed E-state index contributed by atoms with van der Waals surface area (Å²) in [5, 5.41) is 0.557. The van der Waals surface area contributed by atoms with Gasteiger partial charge in [-0.2, -0.15) is 11.8 Å². The van der Waals surface area contributed by atoms with Crippen molar-refractivity contribution in [1.82, 2.24) is 9.88 Å². The maximum absolute atomic E-state index is 12.2. The average Bonchev–Trinajstić information content (AvgIpc) is 2.39. The lowest BCUT2D eigenvalue weighted by Crippen LogP contribution is -2.42. The van der Waals surface area contributed by atoms with Gasteiger partial charge in [0.2, 0.25) is 0 Å². The van der Waals surface area contributed by atoms with Crippen molar-refractivity contribution >= 4 is 35.8 Å². The van der Waals surface area contributed by atoms with E-state index in [2.05, 4.69) is 11.9 Å². The van der Waals surface area contributed by atoms with Crippen molar-refractivity contribution in [3.8, 4) is 0 Å². The standard InChI is InChI=1S/C12H17N3OS.ClH/c1-2-10-8-15(5-6-17-10)12(16)11-4-3-9(13)7-14-11;/h3-4,7,10H,2,5-6,8,13H2,1H3;1H. The Morgan fingerprint density at radius 2 is 2.39 bits per heavy atom. The van der Waals surface area contributed by atoms with Gasteiger partial charge in [0, 0.05) is 24.1 Å². The Bertz CT molecular complexity index is 399. The molecule has 1 unspecified atom stereocenters. The van der Waals surface area contributed by atoms with E-state index in [-0.39, 0.29) is 18.3 Å². The molecule has 0 aromatic carbocycles. The van der Waals surface area contributed by atoms with Gasteiger partial charge in [-0.05, 0) is 18.6 Å². The van der Waals surface area contributed by atoms with Gasteiger partial charge in [-0.3, -0.25) is 4.79 Å². The molecular weight excluding hydrogens is 270 g/mol. The molecule has 1 aromatic rings. The van der Waals surface area contributed by atoms with E-state index >= 15 is 0 Å². The van der Waals surface area contributed by atoms with Crippen LogP contribution in [0.2, 0.25) is 0 Å². The van der Waals surface area contributed by atoms with Crippen LogP contribution >= 0.6 is 24.2 Å². The molecule has 0 bridgehead atoms. The molecule has 0 radical (unpaired) electrons. The number of thioether (sulfide) groups is 1. The second-order valence-corrected chi connectivity index (χ2v) is 5.54. The molecule has 2 heterocycles. The van der Waals surface area contributed by atoms with Gasteiger partial charge in [0.15, 0.2) is 0 Å². The van der Waals surface area contributed by atoms with E-state index in [0.717, 1.165) is 25.3 Å². The number of amides is 1. The fourth-order valence-electron chi connectivity index (χ4n) is 1.84. The summed E-state index contributed by atoms with van der Waals surface area (Å²) in [7, 11) is 0. The third-order valence-corrected chi connectivity index (χ3v) is 4.26. The number of anilines is 1. The van der Waals surface area contributed by atoms with E-state index in [4.69, 9.17) is 5.73 Å². The van der Waals surface area contributed by atoms with Gasteiger partial charge in [-0.15, -0.1) is 12.4 Å². The Morgan fingerprint density at radius 1 is 1.61 bits per heavy atom. The maximum Gasteiger partial charge on any atom is 0.272 e. The number of pyridine rings is 1. The Hall–Kier alpha value is -0.940. The van der Waals surface area contributed by atoms with Crippen LogP contribution in [0.4, 0.5) is 5.69 Å². The highest BCUT2D eigenvalue weighted by Crippen LogP contribution is 2.22. The number of rotatable bonds is 2.